The first-order chi connectivity index (χ1) is 6.50. The molecule has 1 rings (SSSR count). The van der Waals surface area contributed by atoms with Crippen LogP contribution in [0.2, 0.25) is 5.02 Å². The fourth-order valence-corrected chi connectivity index (χ4v) is 2.07. The van der Waals surface area contributed by atoms with Crippen LogP contribution in [0, 0.1) is 0 Å². The van der Waals surface area contributed by atoms with Gasteiger partial charge in [-0.15, -0.1) is 0 Å². The fourth-order valence-electron chi connectivity index (χ4n) is 1.19. The van der Waals surface area contributed by atoms with Crippen molar-refractivity contribution in [1.29, 1.82) is 0 Å². The van der Waals surface area contributed by atoms with E-state index in [0.29, 0.717) is 9.50 Å². The summed E-state index contributed by atoms with van der Waals surface area (Å²) in [6.07, 6.45) is 1.57. The van der Waals surface area contributed by atoms with Crippen LogP contribution in [0.1, 0.15) is 18.9 Å². The lowest BCUT2D eigenvalue weighted by Gasteiger charge is -2.08. The predicted molar refractivity (Wildman–Crippen MR) is 62.8 cm³/mol. The van der Waals surface area contributed by atoms with Crippen LogP contribution < -0.4 is 5.73 Å². The molecule has 4 heteroatoms. The molecule has 14 heavy (non-hydrogen) atoms. The first-order valence-corrected chi connectivity index (χ1v) is 5.60. The first kappa shape index (κ1) is 11.8. The lowest BCUT2D eigenvalue weighted by Crippen LogP contribution is -2.15. The molecule has 1 aromatic rings. The zero-order chi connectivity index (χ0) is 10.7. The summed E-state index contributed by atoms with van der Waals surface area (Å²) in [5, 5.41) is 10.3. The summed E-state index contributed by atoms with van der Waals surface area (Å²) in [4.78, 5) is 0. The van der Waals surface area contributed by atoms with E-state index in [4.69, 9.17) is 17.3 Å². The van der Waals surface area contributed by atoms with Crippen LogP contribution in [0.3, 0.4) is 0 Å². The van der Waals surface area contributed by atoms with Crippen LogP contribution in [0.4, 0.5) is 0 Å². The van der Waals surface area contributed by atoms with Crippen LogP contribution in [0.5, 0.6) is 5.75 Å². The highest BCUT2D eigenvalue weighted by Crippen LogP contribution is 2.32. The number of phenolic OH excluding ortho intramolecular Hbond substituents is 1. The van der Waals surface area contributed by atoms with E-state index in [1.165, 1.54) is 0 Å². The number of phenols is 1. The van der Waals surface area contributed by atoms with Gasteiger partial charge in [0.2, 0.25) is 0 Å². The Morgan fingerprint density at radius 2 is 2.21 bits per heavy atom. The molecule has 0 heterocycles. The third kappa shape index (κ3) is 3.15. The maximum Gasteiger partial charge on any atom is 0.133 e. The van der Waals surface area contributed by atoms with E-state index in [9.17, 15) is 5.11 Å². The second-order valence-electron chi connectivity index (χ2n) is 3.41. The summed E-state index contributed by atoms with van der Waals surface area (Å²) in [7, 11) is 0. The summed E-state index contributed by atoms with van der Waals surface area (Å²) < 4.78 is 0.629. The minimum atomic E-state index is 0.132. The molecule has 0 spiro atoms. The molecule has 0 bridgehead atoms. The van der Waals surface area contributed by atoms with Crippen molar-refractivity contribution >= 4 is 27.5 Å². The second kappa shape index (κ2) is 5.01. The highest BCUT2D eigenvalue weighted by molar-refractivity contribution is 9.10. The van der Waals surface area contributed by atoms with Crippen molar-refractivity contribution in [3.63, 3.8) is 0 Å². The number of hydrogen-bond donors (Lipinski definition) is 2. The van der Waals surface area contributed by atoms with E-state index in [1.807, 2.05) is 6.92 Å². The summed E-state index contributed by atoms with van der Waals surface area (Å²) in [5.41, 5.74) is 6.47. The summed E-state index contributed by atoms with van der Waals surface area (Å²) in [6, 6.07) is 3.57. The van der Waals surface area contributed by atoms with E-state index >= 15 is 0 Å². The number of benzene rings is 1. The molecule has 0 aliphatic carbocycles. The molecule has 1 aromatic carbocycles. The van der Waals surface area contributed by atoms with Gasteiger partial charge in [0.15, 0.2) is 0 Å². The molecular formula is C10H13BrClNO. The molecule has 78 valence electrons. The smallest absolute Gasteiger partial charge is 0.133 e. The van der Waals surface area contributed by atoms with Gasteiger partial charge in [0.05, 0.1) is 4.47 Å². The van der Waals surface area contributed by atoms with Crippen molar-refractivity contribution in [3.8, 4) is 5.75 Å². The number of halogens is 2. The Kier molecular flexibility index (Phi) is 4.23. The van der Waals surface area contributed by atoms with Crippen LogP contribution in [-0.2, 0) is 6.42 Å². The van der Waals surface area contributed by atoms with Crippen LogP contribution in [-0.4, -0.2) is 11.1 Å². The number of aromatic hydroxyl groups is 1. The highest BCUT2D eigenvalue weighted by Gasteiger charge is 2.07. The third-order valence-electron chi connectivity index (χ3n) is 1.98. The largest absolute Gasteiger partial charge is 0.506 e. The fraction of sp³-hybridized carbons (Fsp3) is 0.400. The summed E-state index contributed by atoms with van der Waals surface area (Å²) in [5.74, 6) is 0.259. The molecule has 0 radical (unpaired) electrons. The van der Waals surface area contributed by atoms with Crippen molar-refractivity contribution in [3.05, 3.63) is 27.2 Å². The SMILES string of the molecule is CC(N)CCc1cc(Cl)cc(Br)c1O. The van der Waals surface area contributed by atoms with Crippen molar-refractivity contribution in [1.82, 2.24) is 0 Å². The van der Waals surface area contributed by atoms with E-state index in [-0.39, 0.29) is 11.8 Å². The number of hydrogen-bond acceptors (Lipinski definition) is 2. The molecule has 1 atom stereocenters. The van der Waals surface area contributed by atoms with Crippen molar-refractivity contribution < 1.29 is 5.11 Å². The van der Waals surface area contributed by atoms with Crippen molar-refractivity contribution in [2.45, 2.75) is 25.8 Å². The first-order valence-electron chi connectivity index (χ1n) is 4.43. The molecule has 0 fully saturated rings. The van der Waals surface area contributed by atoms with Gasteiger partial charge in [-0.25, -0.2) is 0 Å². The molecule has 0 aliphatic heterocycles. The molecule has 0 aliphatic rings. The van der Waals surface area contributed by atoms with Gasteiger partial charge in [0, 0.05) is 11.1 Å². The molecule has 0 saturated carbocycles. The van der Waals surface area contributed by atoms with Gasteiger partial charge in [-0.1, -0.05) is 11.6 Å². The average Bonchev–Trinajstić information content (AvgIpc) is 2.08. The number of nitrogens with two attached hydrogens (primary N) is 1. The standard InChI is InChI=1S/C10H13BrClNO/c1-6(13)2-3-7-4-8(12)5-9(11)10(7)14/h4-6,14H,2-3,13H2,1H3. The quantitative estimate of drug-likeness (QED) is 0.892. The van der Waals surface area contributed by atoms with Crippen LogP contribution >= 0.6 is 27.5 Å². The van der Waals surface area contributed by atoms with E-state index in [2.05, 4.69) is 15.9 Å². The molecule has 2 nitrogen and oxygen atoms in total. The molecule has 0 amide bonds. The van der Waals surface area contributed by atoms with E-state index in [0.717, 1.165) is 18.4 Å². The number of aryl methyl sites for hydroxylation is 1. The molecule has 0 saturated heterocycles. The highest BCUT2D eigenvalue weighted by atomic mass is 79.9. The predicted octanol–water partition coefficient (Wildman–Crippen LogP) is 3.09. The van der Waals surface area contributed by atoms with Gasteiger partial charge in [-0.2, -0.15) is 0 Å². The van der Waals surface area contributed by atoms with E-state index < -0.39 is 0 Å². The minimum Gasteiger partial charge on any atom is -0.506 e. The number of rotatable bonds is 3. The lowest BCUT2D eigenvalue weighted by atomic mass is 10.1. The van der Waals surface area contributed by atoms with Gasteiger partial charge in [-0.3, -0.25) is 0 Å². The zero-order valence-corrected chi connectivity index (χ0v) is 10.3. The maximum atomic E-state index is 9.69. The summed E-state index contributed by atoms with van der Waals surface area (Å²) in [6.45, 7) is 1.94. The van der Waals surface area contributed by atoms with Crippen LogP contribution in [0.15, 0.2) is 16.6 Å². The summed E-state index contributed by atoms with van der Waals surface area (Å²) >= 11 is 9.10. The average molecular weight is 279 g/mol. The van der Waals surface area contributed by atoms with Gasteiger partial charge in [-0.05, 0) is 53.4 Å². The monoisotopic (exact) mass is 277 g/mol. The molecular weight excluding hydrogens is 265 g/mol. The Labute approximate surface area is 97.2 Å². The Morgan fingerprint density at radius 3 is 2.79 bits per heavy atom. The van der Waals surface area contributed by atoms with Crippen molar-refractivity contribution in [2.75, 3.05) is 0 Å². The van der Waals surface area contributed by atoms with Gasteiger partial charge in [0.25, 0.3) is 0 Å². The van der Waals surface area contributed by atoms with E-state index in [1.54, 1.807) is 12.1 Å². The van der Waals surface area contributed by atoms with Crippen molar-refractivity contribution in [2.24, 2.45) is 5.73 Å². The van der Waals surface area contributed by atoms with Crippen LogP contribution in [0.25, 0.3) is 0 Å². The topological polar surface area (TPSA) is 46.2 Å². The normalized spacial score (nSPS) is 12.9. The van der Waals surface area contributed by atoms with Gasteiger partial charge >= 0.3 is 0 Å². The second-order valence-corrected chi connectivity index (χ2v) is 4.70. The Hall–Kier alpha value is -0.250. The third-order valence-corrected chi connectivity index (χ3v) is 2.80. The Balaban J connectivity index is 2.85. The minimum absolute atomic E-state index is 0.132. The molecule has 1 unspecified atom stereocenters. The van der Waals surface area contributed by atoms with Gasteiger partial charge in [0.1, 0.15) is 5.75 Å². The zero-order valence-electron chi connectivity index (χ0n) is 7.93. The molecule has 0 aromatic heterocycles. The van der Waals surface area contributed by atoms with Gasteiger partial charge < -0.3 is 10.8 Å². The Morgan fingerprint density at radius 1 is 1.57 bits per heavy atom. The maximum absolute atomic E-state index is 9.69. The molecule has 3 N–H and O–H groups in total. The Bertz CT molecular complexity index is 328. The lowest BCUT2D eigenvalue weighted by molar-refractivity contribution is 0.462.